The Balaban J connectivity index is 4.02. The SMILES string of the molecule is [3H]C([3H])(O)C([3H])([3H])O. The van der Waals surface area contributed by atoms with Gasteiger partial charge in [0.15, 0.2) is 0 Å². The smallest absolute Gasteiger partial charge is 0.0662 e. The molecule has 0 aliphatic rings. The molecule has 0 bridgehead atoms. The van der Waals surface area contributed by atoms with Crippen molar-refractivity contribution in [3.05, 3.63) is 0 Å². The lowest BCUT2D eigenvalue weighted by Gasteiger charge is -1.70. The van der Waals surface area contributed by atoms with Crippen molar-refractivity contribution in [1.29, 1.82) is 0 Å². The summed E-state index contributed by atoms with van der Waals surface area (Å²) in [6, 6.07) is 0. The van der Waals surface area contributed by atoms with Crippen LogP contribution in [0.4, 0.5) is 0 Å². The molecule has 0 heterocycles. The van der Waals surface area contributed by atoms with Crippen molar-refractivity contribution < 1.29 is 15.7 Å². The Bertz CT molecular complexity index is 67.0. The monoisotopic (exact) mass is 70.1 g/mol. The van der Waals surface area contributed by atoms with Crippen LogP contribution in [0.5, 0.6) is 0 Å². The lowest BCUT2D eigenvalue weighted by molar-refractivity contribution is 0.186. The Hall–Kier alpha value is -0.0800. The Kier molecular flexibility index (Phi) is 0.510. The largest absolute Gasteiger partial charge is 0.394 e. The Morgan fingerprint density at radius 2 is 1.75 bits per heavy atom. The fourth-order valence-corrected chi connectivity index (χ4v) is 0. The predicted octanol–water partition coefficient (Wildman–Crippen LogP) is -1.03. The van der Waals surface area contributed by atoms with E-state index < -0.39 is 13.1 Å². The molecule has 0 saturated heterocycles. The first-order valence-electron chi connectivity index (χ1n) is 2.70. The van der Waals surface area contributed by atoms with Crippen molar-refractivity contribution >= 4 is 0 Å². The molecule has 0 aromatic rings. The molecule has 0 rings (SSSR count). The van der Waals surface area contributed by atoms with Crippen LogP contribution in [0.2, 0.25) is 0 Å². The summed E-state index contributed by atoms with van der Waals surface area (Å²) in [6.45, 7) is -6.35. The van der Waals surface area contributed by atoms with Gasteiger partial charge in [-0.05, 0) is 0 Å². The first kappa shape index (κ1) is 0.698. The van der Waals surface area contributed by atoms with Gasteiger partial charge in [-0.3, -0.25) is 0 Å². The molecule has 0 atom stereocenters. The molecule has 2 nitrogen and oxygen atoms in total. The van der Waals surface area contributed by atoms with Crippen LogP contribution >= 0.6 is 0 Å². The molecule has 0 aliphatic carbocycles. The Morgan fingerprint density at radius 3 is 1.75 bits per heavy atom. The number of rotatable bonds is 1. The number of aliphatic hydroxyl groups is 2. The molecule has 0 radical (unpaired) electrons. The van der Waals surface area contributed by atoms with E-state index in [1.54, 1.807) is 0 Å². The lowest BCUT2D eigenvalue weighted by atomic mass is 10.8. The molecular formula is C2H6O2. The van der Waals surface area contributed by atoms with Crippen molar-refractivity contribution in [3.8, 4) is 0 Å². The maximum Gasteiger partial charge on any atom is 0.0662 e. The quantitative estimate of drug-likeness (QED) is 0.414. The van der Waals surface area contributed by atoms with Crippen molar-refractivity contribution in [1.82, 2.24) is 0 Å². The van der Waals surface area contributed by atoms with E-state index in [0.717, 1.165) is 0 Å². The van der Waals surface area contributed by atoms with Crippen molar-refractivity contribution in [2.45, 2.75) is 0 Å². The summed E-state index contributed by atoms with van der Waals surface area (Å²) in [5.74, 6) is 0. The molecule has 0 amide bonds. The van der Waals surface area contributed by atoms with Crippen LogP contribution in [0.15, 0.2) is 0 Å². The molecule has 0 spiro atoms. The zero-order chi connectivity index (χ0) is 7.00. The Labute approximate surface area is 30.3 Å². The molecule has 26 valence electrons. The van der Waals surface area contributed by atoms with Crippen molar-refractivity contribution in [2.75, 3.05) is 13.1 Å². The van der Waals surface area contributed by atoms with Crippen LogP contribution in [0.1, 0.15) is 5.48 Å². The molecule has 0 saturated carbocycles. The zero-order valence-corrected chi connectivity index (χ0v) is 1.89. The minimum Gasteiger partial charge on any atom is -0.394 e. The summed E-state index contributed by atoms with van der Waals surface area (Å²) in [6.07, 6.45) is 0. The summed E-state index contributed by atoms with van der Waals surface area (Å²) in [4.78, 5) is 0. The van der Waals surface area contributed by atoms with Crippen molar-refractivity contribution in [3.63, 3.8) is 0 Å². The van der Waals surface area contributed by atoms with E-state index in [2.05, 4.69) is 0 Å². The van der Waals surface area contributed by atoms with Gasteiger partial charge < -0.3 is 10.2 Å². The third-order valence-corrected chi connectivity index (χ3v) is 0.0500. The number of hydrogen-bond donors (Lipinski definition) is 2. The topological polar surface area (TPSA) is 40.5 Å². The van der Waals surface area contributed by atoms with Gasteiger partial charge in [0.2, 0.25) is 0 Å². The van der Waals surface area contributed by atoms with Gasteiger partial charge in [0.05, 0.1) is 18.6 Å². The summed E-state index contributed by atoms with van der Waals surface area (Å²) in [7, 11) is 0. The molecule has 0 aromatic carbocycles. The third-order valence-electron chi connectivity index (χ3n) is 0.0500. The van der Waals surface area contributed by atoms with Gasteiger partial charge in [0, 0.05) is 0 Å². The van der Waals surface area contributed by atoms with Crippen molar-refractivity contribution in [2.24, 2.45) is 0 Å². The second-order valence-electron chi connectivity index (χ2n) is 0.224. The van der Waals surface area contributed by atoms with Crippen LogP contribution in [-0.4, -0.2) is 23.3 Å². The van der Waals surface area contributed by atoms with Crippen LogP contribution in [0, 0.1) is 0 Å². The highest BCUT2D eigenvalue weighted by Crippen LogP contribution is 1.39. The minimum atomic E-state index is -3.17. The van der Waals surface area contributed by atoms with E-state index in [0.29, 0.717) is 0 Å². The van der Waals surface area contributed by atoms with Gasteiger partial charge in [0.25, 0.3) is 0 Å². The standard InChI is InChI=1S/C2H6O2/c3-1-2-4/h3-4H,1-2H2/i1T2,2T2. The molecular weight excluding hydrogens is 56.0 g/mol. The lowest BCUT2D eigenvalue weighted by Crippen LogP contribution is -1.85. The van der Waals surface area contributed by atoms with Crippen LogP contribution in [-0.2, 0) is 0 Å². The highest BCUT2D eigenvalue weighted by Gasteiger charge is 1.58. The van der Waals surface area contributed by atoms with Gasteiger partial charge in [-0.1, -0.05) is 0 Å². The van der Waals surface area contributed by atoms with Gasteiger partial charge in [-0.25, -0.2) is 0 Å². The van der Waals surface area contributed by atoms with E-state index in [-0.39, 0.29) is 0 Å². The average molecular weight is 70.1 g/mol. The molecule has 0 aliphatic heterocycles. The molecule has 4 heavy (non-hydrogen) atoms. The minimum absolute atomic E-state index is 3.17. The summed E-state index contributed by atoms with van der Waals surface area (Å²) >= 11 is 0. The van der Waals surface area contributed by atoms with Crippen LogP contribution < -0.4 is 0 Å². The summed E-state index contributed by atoms with van der Waals surface area (Å²) in [5.41, 5.74) is 0. The number of hydrogen-bond acceptors (Lipinski definition) is 2. The average Bonchev–Trinajstić information content (AvgIpc) is 1.25. The van der Waals surface area contributed by atoms with E-state index in [1.165, 1.54) is 0 Å². The van der Waals surface area contributed by atoms with Gasteiger partial charge in [-0.15, -0.1) is 0 Å². The molecule has 0 aromatic heterocycles. The van der Waals surface area contributed by atoms with Gasteiger partial charge in [0.1, 0.15) is 0 Å². The maximum absolute atomic E-state index is 8.06. The maximum atomic E-state index is 8.06. The summed E-state index contributed by atoms with van der Waals surface area (Å²) in [5, 5.41) is 16.1. The highest BCUT2D eigenvalue weighted by molar-refractivity contribution is 4.06. The van der Waals surface area contributed by atoms with E-state index in [9.17, 15) is 0 Å². The summed E-state index contributed by atoms with van der Waals surface area (Å²) < 4.78 is 24.7. The van der Waals surface area contributed by atoms with Crippen LogP contribution in [0.3, 0.4) is 0 Å². The van der Waals surface area contributed by atoms with Crippen LogP contribution in [0.25, 0.3) is 0 Å². The molecule has 0 unspecified atom stereocenters. The second kappa shape index (κ2) is 2.92. The zero-order valence-electron chi connectivity index (χ0n) is 5.89. The fourth-order valence-electron chi connectivity index (χ4n) is 0. The van der Waals surface area contributed by atoms with E-state index in [4.69, 9.17) is 15.7 Å². The Morgan fingerprint density at radius 1 is 1.50 bits per heavy atom. The first-order chi connectivity index (χ1) is 3.25. The van der Waals surface area contributed by atoms with E-state index in [1.807, 2.05) is 0 Å². The predicted molar refractivity (Wildman–Crippen MR) is 14.2 cm³/mol. The highest BCUT2D eigenvalue weighted by atomic mass is 16.3. The van der Waals surface area contributed by atoms with Gasteiger partial charge in [-0.2, -0.15) is 0 Å². The molecule has 2 heteroatoms. The van der Waals surface area contributed by atoms with E-state index >= 15 is 0 Å². The third kappa shape index (κ3) is 1.92. The molecule has 0 fully saturated rings. The molecule has 2 N–H and O–H groups in total. The second-order valence-corrected chi connectivity index (χ2v) is 0.224. The first-order valence-corrected chi connectivity index (χ1v) is 0.697. The van der Waals surface area contributed by atoms with Gasteiger partial charge >= 0.3 is 0 Å². The fraction of sp³-hybridized carbons (Fsp3) is 1.00. The normalized spacial score (nSPS) is 29.5.